The molecular weight excluding hydrogens is 331 g/mol. The van der Waals surface area contributed by atoms with Gasteiger partial charge in [-0.25, -0.2) is 4.39 Å². The lowest BCUT2D eigenvalue weighted by atomic mass is 9.81. The second kappa shape index (κ2) is 8.28. The molecule has 1 saturated carbocycles. The second-order valence-electron chi connectivity index (χ2n) is 6.73. The maximum atomic E-state index is 13.7. The van der Waals surface area contributed by atoms with Crippen LogP contribution in [-0.4, -0.2) is 25.7 Å². The number of nitrogens with one attached hydrogen (secondary N) is 1. The number of ether oxygens (including phenoxy) is 1. The third-order valence-electron chi connectivity index (χ3n) is 5.38. The standard InChI is InChI=1S/C18H25FN2O2.ClH/c19-15-5-2-4-14(11-15)18(7-9-23-10-8-18)21-17(22)16-6-1-3-13(16)12-20;/h2,4-5,11,13,16H,1,3,6-10,12,20H2,(H,21,22);1H/t13-,16-;/m1./s1. The zero-order valence-corrected chi connectivity index (χ0v) is 14.6. The maximum absolute atomic E-state index is 13.7. The van der Waals surface area contributed by atoms with Crippen LogP contribution in [0.3, 0.4) is 0 Å². The number of amides is 1. The van der Waals surface area contributed by atoms with E-state index < -0.39 is 5.54 Å². The highest BCUT2D eigenvalue weighted by Crippen LogP contribution is 2.36. The Morgan fingerprint density at radius 3 is 2.75 bits per heavy atom. The third kappa shape index (κ3) is 3.90. The van der Waals surface area contributed by atoms with Crippen molar-refractivity contribution in [2.45, 2.75) is 37.6 Å². The molecule has 0 aromatic heterocycles. The molecule has 134 valence electrons. The number of nitrogens with two attached hydrogens (primary N) is 1. The Hall–Kier alpha value is -1.17. The van der Waals surface area contributed by atoms with E-state index in [4.69, 9.17) is 10.5 Å². The molecule has 3 rings (SSSR count). The molecule has 3 N–H and O–H groups in total. The first-order chi connectivity index (χ1) is 11.1. The number of carbonyl (C=O) groups is 1. The molecule has 0 unspecified atom stereocenters. The molecule has 1 amide bonds. The van der Waals surface area contributed by atoms with Gasteiger partial charge in [0.15, 0.2) is 0 Å². The van der Waals surface area contributed by atoms with Crippen LogP contribution in [0.25, 0.3) is 0 Å². The van der Waals surface area contributed by atoms with Gasteiger partial charge in [0.05, 0.1) is 5.54 Å². The number of halogens is 2. The van der Waals surface area contributed by atoms with Crippen molar-refractivity contribution >= 4 is 18.3 Å². The van der Waals surface area contributed by atoms with Crippen LogP contribution in [0.2, 0.25) is 0 Å². The quantitative estimate of drug-likeness (QED) is 0.871. The fraction of sp³-hybridized carbons (Fsp3) is 0.611. The zero-order valence-electron chi connectivity index (χ0n) is 13.8. The van der Waals surface area contributed by atoms with Crippen molar-refractivity contribution in [3.05, 3.63) is 35.6 Å². The van der Waals surface area contributed by atoms with Gasteiger partial charge in [-0.05, 0) is 55.8 Å². The Balaban J connectivity index is 0.00000208. The van der Waals surface area contributed by atoms with Crippen LogP contribution in [0.1, 0.15) is 37.7 Å². The van der Waals surface area contributed by atoms with Crippen molar-refractivity contribution < 1.29 is 13.9 Å². The van der Waals surface area contributed by atoms with Gasteiger partial charge in [-0.3, -0.25) is 4.79 Å². The summed E-state index contributed by atoms with van der Waals surface area (Å²) in [6.45, 7) is 1.69. The Morgan fingerprint density at radius 2 is 2.08 bits per heavy atom. The molecule has 1 heterocycles. The van der Waals surface area contributed by atoms with E-state index in [1.54, 1.807) is 6.07 Å². The van der Waals surface area contributed by atoms with E-state index >= 15 is 0 Å². The van der Waals surface area contributed by atoms with Crippen molar-refractivity contribution in [3.63, 3.8) is 0 Å². The summed E-state index contributed by atoms with van der Waals surface area (Å²) in [5, 5.41) is 3.24. The maximum Gasteiger partial charge on any atom is 0.224 e. The first-order valence-electron chi connectivity index (χ1n) is 8.50. The number of rotatable bonds is 4. The molecule has 0 radical (unpaired) electrons. The first kappa shape index (κ1) is 19.2. The fourth-order valence-electron chi connectivity index (χ4n) is 3.98. The van der Waals surface area contributed by atoms with Crippen molar-refractivity contribution in [2.24, 2.45) is 17.6 Å². The zero-order chi connectivity index (χ0) is 16.3. The predicted molar refractivity (Wildman–Crippen MR) is 93.4 cm³/mol. The minimum absolute atomic E-state index is 0. The minimum Gasteiger partial charge on any atom is -0.381 e. The molecule has 1 aliphatic carbocycles. The lowest BCUT2D eigenvalue weighted by Gasteiger charge is -2.39. The van der Waals surface area contributed by atoms with Gasteiger partial charge in [-0.15, -0.1) is 12.4 Å². The molecular formula is C18H26ClFN2O2. The Morgan fingerprint density at radius 1 is 1.33 bits per heavy atom. The average Bonchev–Trinajstić information content (AvgIpc) is 3.04. The molecule has 24 heavy (non-hydrogen) atoms. The molecule has 4 nitrogen and oxygen atoms in total. The summed E-state index contributed by atoms with van der Waals surface area (Å²) in [5.74, 6) is 0.0279. The van der Waals surface area contributed by atoms with Gasteiger partial charge in [0, 0.05) is 19.1 Å². The highest BCUT2D eigenvalue weighted by Gasteiger charge is 2.40. The molecule has 0 bridgehead atoms. The summed E-state index contributed by atoms with van der Waals surface area (Å²) in [6.07, 6.45) is 4.30. The Kier molecular flexibility index (Phi) is 6.61. The van der Waals surface area contributed by atoms with Crippen molar-refractivity contribution in [1.29, 1.82) is 0 Å². The van der Waals surface area contributed by atoms with Crippen LogP contribution in [0.15, 0.2) is 24.3 Å². The Bertz CT molecular complexity index is 564. The van der Waals surface area contributed by atoms with Gasteiger partial charge in [-0.2, -0.15) is 0 Å². The lowest BCUT2D eigenvalue weighted by molar-refractivity contribution is -0.129. The second-order valence-corrected chi connectivity index (χ2v) is 6.73. The number of benzene rings is 1. The summed E-state index contributed by atoms with van der Waals surface area (Å²) in [6, 6.07) is 6.55. The Labute approximate surface area is 148 Å². The monoisotopic (exact) mass is 356 g/mol. The lowest BCUT2D eigenvalue weighted by Crippen LogP contribution is -2.52. The number of hydrogen-bond acceptors (Lipinski definition) is 3. The van der Waals surface area contributed by atoms with Crippen LogP contribution in [0.5, 0.6) is 0 Å². The summed E-state index contributed by atoms with van der Waals surface area (Å²) < 4.78 is 19.1. The SMILES string of the molecule is Cl.NC[C@H]1CCC[C@H]1C(=O)NC1(c2cccc(F)c2)CCOCC1. The van der Waals surface area contributed by atoms with Gasteiger partial charge in [-0.1, -0.05) is 18.6 Å². The highest BCUT2D eigenvalue weighted by atomic mass is 35.5. The van der Waals surface area contributed by atoms with Crippen LogP contribution in [0, 0.1) is 17.7 Å². The summed E-state index contributed by atoms with van der Waals surface area (Å²) in [7, 11) is 0. The molecule has 1 saturated heterocycles. The normalized spacial score (nSPS) is 25.8. The summed E-state index contributed by atoms with van der Waals surface area (Å²) in [4.78, 5) is 12.8. The molecule has 2 atom stereocenters. The van der Waals surface area contributed by atoms with Crippen molar-refractivity contribution in [2.75, 3.05) is 19.8 Å². The van der Waals surface area contributed by atoms with E-state index in [2.05, 4.69) is 5.32 Å². The number of carbonyl (C=O) groups excluding carboxylic acids is 1. The topological polar surface area (TPSA) is 64.4 Å². The van der Waals surface area contributed by atoms with Crippen LogP contribution >= 0.6 is 12.4 Å². The van der Waals surface area contributed by atoms with Crippen molar-refractivity contribution in [1.82, 2.24) is 5.32 Å². The van der Waals surface area contributed by atoms with E-state index in [0.29, 0.717) is 32.6 Å². The van der Waals surface area contributed by atoms with Gasteiger partial charge in [0.2, 0.25) is 5.91 Å². The van der Waals surface area contributed by atoms with E-state index in [-0.39, 0.29) is 36.0 Å². The molecule has 1 aliphatic heterocycles. The van der Waals surface area contributed by atoms with E-state index in [9.17, 15) is 9.18 Å². The molecule has 1 aromatic rings. The largest absolute Gasteiger partial charge is 0.381 e. The van der Waals surface area contributed by atoms with Gasteiger partial charge >= 0.3 is 0 Å². The van der Waals surface area contributed by atoms with Gasteiger partial charge in [0.1, 0.15) is 5.82 Å². The minimum atomic E-state index is -0.529. The van der Waals surface area contributed by atoms with Crippen LogP contribution < -0.4 is 11.1 Å². The highest BCUT2D eigenvalue weighted by molar-refractivity contribution is 5.85. The fourth-order valence-corrected chi connectivity index (χ4v) is 3.98. The van der Waals surface area contributed by atoms with E-state index in [0.717, 1.165) is 24.8 Å². The number of hydrogen-bond donors (Lipinski definition) is 2. The predicted octanol–water partition coefficient (Wildman–Crippen LogP) is 2.74. The summed E-state index contributed by atoms with van der Waals surface area (Å²) >= 11 is 0. The molecule has 0 spiro atoms. The van der Waals surface area contributed by atoms with Crippen molar-refractivity contribution in [3.8, 4) is 0 Å². The molecule has 2 aliphatic rings. The molecule has 2 fully saturated rings. The molecule has 6 heteroatoms. The summed E-state index contributed by atoms with van der Waals surface area (Å²) in [5.41, 5.74) is 6.11. The van der Waals surface area contributed by atoms with E-state index in [1.165, 1.54) is 12.1 Å². The first-order valence-corrected chi connectivity index (χ1v) is 8.50. The average molecular weight is 357 g/mol. The molecule has 1 aromatic carbocycles. The van der Waals surface area contributed by atoms with E-state index in [1.807, 2.05) is 6.07 Å². The van der Waals surface area contributed by atoms with Gasteiger partial charge in [0.25, 0.3) is 0 Å². The third-order valence-corrected chi connectivity index (χ3v) is 5.38. The van der Waals surface area contributed by atoms with Gasteiger partial charge < -0.3 is 15.8 Å². The van der Waals surface area contributed by atoms with Crippen LogP contribution in [0.4, 0.5) is 4.39 Å². The van der Waals surface area contributed by atoms with Crippen LogP contribution in [-0.2, 0) is 15.1 Å². The smallest absolute Gasteiger partial charge is 0.224 e.